The van der Waals surface area contributed by atoms with Gasteiger partial charge >= 0.3 is 11.9 Å². The van der Waals surface area contributed by atoms with Crippen LogP contribution in [0.25, 0.3) is 0 Å². The lowest BCUT2D eigenvalue weighted by Gasteiger charge is -2.12. The highest BCUT2D eigenvalue weighted by Crippen LogP contribution is 2.26. The van der Waals surface area contributed by atoms with Crippen LogP contribution in [0.2, 0.25) is 0 Å². The van der Waals surface area contributed by atoms with E-state index in [4.69, 9.17) is 19.7 Å². The summed E-state index contributed by atoms with van der Waals surface area (Å²) in [5.41, 5.74) is 3.10. The van der Waals surface area contributed by atoms with Gasteiger partial charge in [0.15, 0.2) is 18.5 Å². The Balaban J connectivity index is 2.47. The van der Waals surface area contributed by atoms with E-state index in [1.54, 1.807) is 0 Å². The fourth-order valence-corrected chi connectivity index (χ4v) is 2.32. The topological polar surface area (TPSA) is 93.1 Å². The standard InChI is InChI=1S/C18H26O6/c1-11(2)7-5-8-12(3)9-6-10-13(4)18-23-14(16(19)20)15(24-18)17(21)22/h7,9,14-15,18H,4-6,8,10H2,1-3H3,(H,19,20)(H,21,22)/t14-,15-/m1/s1. The molecule has 1 aliphatic heterocycles. The lowest BCUT2D eigenvalue weighted by molar-refractivity contribution is -0.156. The molecule has 0 saturated carbocycles. The molecule has 1 aliphatic rings. The number of hydrogen-bond donors (Lipinski definition) is 2. The SMILES string of the molecule is C=C(CCC=C(C)CCC=C(C)C)C1O[C@@H](C(=O)O)[C@H](C(=O)O)O1. The van der Waals surface area contributed by atoms with Crippen LogP contribution in [0.15, 0.2) is 35.5 Å². The predicted octanol–water partition coefficient (Wildman–Crippen LogP) is 3.29. The summed E-state index contributed by atoms with van der Waals surface area (Å²) in [7, 11) is 0. The Morgan fingerprint density at radius 2 is 1.46 bits per heavy atom. The second-order valence-electron chi connectivity index (χ2n) is 6.19. The molecule has 0 radical (unpaired) electrons. The molecule has 0 unspecified atom stereocenters. The number of allylic oxidation sites excluding steroid dienone is 4. The van der Waals surface area contributed by atoms with Crippen molar-refractivity contribution in [2.75, 3.05) is 0 Å². The monoisotopic (exact) mass is 338 g/mol. The maximum atomic E-state index is 11.0. The number of carbonyl (C=O) groups is 2. The van der Waals surface area contributed by atoms with Crippen molar-refractivity contribution >= 4 is 11.9 Å². The summed E-state index contributed by atoms with van der Waals surface area (Å²) in [5, 5.41) is 18.0. The van der Waals surface area contributed by atoms with Crippen molar-refractivity contribution in [2.45, 2.75) is 65.0 Å². The molecule has 134 valence electrons. The molecule has 6 nitrogen and oxygen atoms in total. The Hall–Kier alpha value is -1.92. The molecule has 1 fully saturated rings. The third-order valence-electron chi connectivity index (χ3n) is 3.69. The molecule has 0 aromatic rings. The van der Waals surface area contributed by atoms with E-state index >= 15 is 0 Å². The van der Waals surface area contributed by atoms with Gasteiger partial charge in [-0.3, -0.25) is 0 Å². The number of rotatable bonds is 9. The average Bonchev–Trinajstić information content (AvgIpc) is 2.92. The van der Waals surface area contributed by atoms with Crippen LogP contribution in [0.5, 0.6) is 0 Å². The van der Waals surface area contributed by atoms with Gasteiger partial charge in [0.2, 0.25) is 0 Å². The third-order valence-corrected chi connectivity index (χ3v) is 3.69. The number of hydrogen-bond acceptors (Lipinski definition) is 4. The Labute approximate surface area is 142 Å². The van der Waals surface area contributed by atoms with Gasteiger partial charge in [-0.2, -0.15) is 0 Å². The lowest BCUT2D eigenvalue weighted by Crippen LogP contribution is -2.36. The zero-order chi connectivity index (χ0) is 18.3. The van der Waals surface area contributed by atoms with Crippen LogP contribution in [0.1, 0.15) is 46.5 Å². The lowest BCUT2D eigenvalue weighted by atomic mass is 10.1. The summed E-state index contributed by atoms with van der Waals surface area (Å²) >= 11 is 0. The summed E-state index contributed by atoms with van der Waals surface area (Å²) in [6.45, 7) is 10.0. The van der Waals surface area contributed by atoms with Crippen LogP contribution >= 0.6 is 0 Å². The molecule has 0 aliphatic carbocycles. The van der Waals surface area contributed by atoms with Gasteiger partial charge in [-0.05, 0) is 52.0 Å². The van der Waals surface area contributed by atoms with Gasteiger partial charge in [-0.1, -0.05) is 29.9 Å². The normalized spacial score (nSPS) is 21.5. The smallest absolute Gasteiger partial charge is 0.336 e. The average molecular weight is 338 g/mol. The highest BCUT2D eigenvalue weighted by Gasteiger charge is 2.46. The molecular formula is C18H26O6. The van der Waals surface area contributed by atoms with Gasteiger partial charge in [0.1, 0.15) is 0 Å². The number of aliphatic carboxylic acids is 2. The summed E-state index contributed by atoms with van der Waals surface area (Å²) < 4.78 is 10.4. The molecule has 1 rings (SSSR count). The second kappa shape index (κ2) is 9.39. The van der Waals surface area contributed by atoms with E-state index in [0.717, 1.165) is 19.3 Å². The molecule has 1 heterocycles. The molecule has 0 amide bonds. The quantitative estimate of drug-likeness (QED) is 0.627. The molecule has 0 spiro atoms. The van der Waals surface area contributed by atoms with Crippen molar-refractivity contribution in [3.63, 3.8) is 0 Å². The van der Waals surface area contributed by atoms with E-state index in [9.17, 15) is 9.59 Å². The van der Waals surface area contributed by atoms with Crippen molar-refractivity contribution in [1.82, 2.24) is 0 Å². The maximum absolute atomic E-state index is 11.0. The van der Waals surface area contributed by atoms with E-state index < -0.39 is 30.4 Å². The molecule has 2 N–H and O–H groups in total. The summed E-state index contributed by atoms with van der Waals surface area (Å²) in [6, 6.07) is 0. The number of carboxylic acid groups (broad SMARTS) is 2. The molecule has 1 saturated heterocycles. The largest absolute Gasteiger partial charge is 0.479 e. The zero-order valence-electron chi connectivity index (χ0n) is 14.4. The highest BCUT2D eigenvalue weighted by atomic mass is 16.7. The minimum Gasteiger partial charge on any atom is -0.479 e. The second-order valence-corrected chi connectivity index (χ2v) is 6.19. The molecule has 0 bridgehead atoms. The van der Waals surface area contributed by atoms with E-state index in [2.05, 4.69) is 39.5 Å². The summed E-state index contributed by atoms with van der Waals surface area (Å²) in [6.07, 6.45) is 3.53. The molecule has 0 aromatic heterocycles. The minimum absolute atomic E-state index is 0.540. The molecular weight excluding hydrogens is 312 g/mol. The predicted molar refractivity (Wildman–Crippen MR) is 89.6 cm³/mol. The fourth-order valence-electron chi connectivity index (χ4n) is 2.32. The molecule has 24 heavy (non-hydrogen) atoms. The van der Waals surface area contributed by atoms with Crippen LogP contribution in [0, 0.1) is 0 Å². The van der Waals surface area contributed by atoms with Crippen LogP contribution in [-0.4, -0.2) is 40.6 Å². The molecule has 2 atom stereocenters. The Bertz CT molecular complexity index is 520. The van der Waals surface area contributed by atoms with Gasteiger partial charge in [0.25, 0.3) is 0 Å². The van der Waals surface area contributed by atoms with E-state index in [-0.39, 0.29) is 0 Å². The van der Waals surface area contributed by atoms with Crippen LogP contribution in [0.3, 0.4) is 0 Å². The highest BCUT2D eigenvalue weighted by molar-refractivity contribution is 5.84. The van der Waals surface area contributed by atoms with Gasteiger partial charge < -0.3 is 19.7 Å². The van der Waals surface area contributed by atoms with Crippen molar-refractivity contribution in [3.05, 3.63) is 35.5 Å². The van der Waals surface area contributed by atoms with E-state index in [1.807, 2.05) is 0 Å². The Morgan fingerprint density at radius 3 is 1.92 bits per heavy atom. The van der Waals surface area contributed by atoms with Crippen LogP contribution < -0.4 is 0 Å². The first-order valence-corrected chi connectivity index (χ1v) is 7.95. The van der Waals surface area contributed by atoms with Crippen LogP contribution in [-0.2, 0) is 19.1 Å². The van der Waals surface area contributed by atoms with Gasteiger partial charge in [-0.15, -0.1) is 0 Å². The first-order valence-electron chi connectivity index (χ1n) is 7.95. The fraction of sp³-hybridized carbons (Fsp3) is 0.556. The molecule has 6 heteroatoms. The van der Waals surface area contributed by atoms with Crippen molar-refractivity contribution in [2.24, 2.45) is 0 Å². The number of ether oxygens (including phenoxy) is 2. The molecule has 0 aromatic carbocycles. The van der Waals surface area contributed by atoms with Crippen molar-refractivity contribution in [3.8, 4) is 0 Å². The van der Waals surface area contributed by atoms with E-state index in [1.165, 1.54) is 11.1 Å². The summed E-state index contributed by atoms with van der Waals surface area (Å²) in [4.78, 5) is 22.0. The van der Waals surface area contributed by atoms with Crippen molar-refractivity contribution < 1.29 is 29.3 Å². The van der Waals surface area contributed by atoms with Gasteiger partial charge in [0.05, 0.1) is 0 Å². The maximum Gasteiger partial charge on any atom is 0.336 e. The first kappa shape index (κ1) is 20.1. The Morgan fingerprint density at radius 1 is 0.958 bits per heavy atom. The van der Waals surface area contributed by atoms with Gasteiger partial charge in [0, 0.05) is 0 Å². The number of carboxylic acids is 2. The van der Waals surface area contributed by atoms with Crippen LogP contribution in [0.4, 0.5) is 0 Å². The van der Waals surface area contributed by atoms with Gasteiger partial charge in [-0.25, -0.2) is 9.59 Å². The van der Waals surface area contributed by atoms with Crippen molar-refractivity contribution in [1.29, 1.82) is 0 Å². The van der Waals surface area contributed by atoms with E-state index in [0.29, 0.717) is 12.0 Å². The summed E-state index contributed by atoms with van der Waals surface area (Å²) in [5.74, 6) is -2.71. The Kier molecular flexibility index (Phi) is 7.88. The zero-order valence-corrected chi connectivity index (χ0v) is 14.4. The minimum atomic E-state index is -1.51. The first-order chi connectivity index (χ1) is 11.2. The third kappa shape index (κ3) is 6.29.